The molecule has 1 fully saturated rings. The largest absolute Gasteiger partial charge is 0.394 e. The summed E-state index contributed by atoms with van der Waals surface area (Å²) in [6.07, 6.45) is 5.49. The number of hydrogen-bond donors (Lipinski definition) is 3. The number of aromatic nitrogens is 1. The van der Waals surface area contributed by atoms with E-state index in [4.69, 9.17) is 11.6 Å². The van der Waals surface area contributed by atoms with Crippen LogP contribution in [0.25, 0.3) is 0 Å². The number of carbonyl (C=O) groups excluding carboxylic acids is 1. The number of amides is 1. The van der Waals surface area contributed by atoms with Gasteiger partial charge in [-0.1, -0.05) is 24.4 Å². The normalized spacial score (nSPS) is 17.4. The van der Waals surface area contributed by atoms with Gasteiger partial charge in [0.25, 0.3) is 0 Å². The molecule has 0 saturated heterocycles. The van der Waals surface area contributed by atoms with Crippen molar-refractivity contribution in [2.45, 2.75) is 31.2 Å². The second-order valence-electron chi connectivity index (χ2n) is 4.91. The molecule has 0 atom stereocenters. The van der Waals surface area contributed by atoms with E-state index in [0.29, 0.717) is 10.8 Å². The number of rotatable bonds is 5. The molecule has 5 nitrogen and oxygen atoms in total. The highest BCUT2D eigenvalue weighted by molar-refractivity contribution is 6.30. The Hall–Kier alpha value is -1.17. The fraction of sp³-hybridized carbons (Fsp3) is 0.538. The molecule has 19 heavy (non-hydrogen) atoms. The highest BCUT2D eigenvalue weighted by Gasteiger charge is 2.32. The monoisotopic (exact) mass is 283 g/mol. The Balaban J connectivity index is 1.82. The molecule has 1 aliphatic rings. The average molecular weight is 284 g/mol. The first-order chi connectivity index (χ1) is 9.13. The predicted octanol–water partition coefficient (Wildman–Crippen LogP) is 1.57. The van der Waals surface area contributed by atoms with Crippen LogP contribution in [0, 0.1) is 0 Å². The molecular weight excluding hydrogens is 266 g/mol. The summed E-state index contributed by atoms with van der Waals surface area (Å²) in [6, 6.07) is 3.32. The summed E-state index contributed by atoms with van der Waals surface area (Å²) in [5.74, 6) is 0.301. The summed E-state index contributed by atoms with van der Waals surface area (Å²) in [4.78, 5) is 15.8. The van der Waals surface area contributed by atoms with Crippen LogP contribution in [0.15, 0.2) is 18.3 Å². The predicted molar refractivity (Wildman–Crippen MR) is 74.2 cm³/mol. The van der Waals surface area contributed by atoms with Crippen LogP contribution in [-0.4, -0.2) is 34.7 Å². The van der Waals surface area contributed by atoms with E-state index < -0.39 is 0 Å². The molecule has 6 heteroatoms. The van der Waals surface area contributed by atoms with Gasteiger partial charge in [0.2, 0.25) is 5.91 Å². The maximum Gasteiger partial charge on any atom is 0.239 e. The second kappa shape index (κ2) is 6.32. The summed E-state index contributed by atoms with van der Waals surface area (Å²) in [5, 5.41) is 15.8. The summed E-state index contributed by atoms with van der Waals surface area (Å²) in [6.45, 7) is 0.240. The number of anilines is 1. The van der Waals surface area contributed by atoms with E-state index in [1.807, 2.05) is 0 Å². The number of aliphatic hydroxyl groups excluding tert-OH is 1. The molecule has 2 rings (SSSR count). The highest BCUT2D eigenvalue weighted by atomic mass is 35.5. The van der Waals surface area contributed by atoms with Crippen molar-refractivity contribution in [3.05, 3.63) is 23.4 Å². The fourth-order valence-corrected chi connectivity index (χ4v) is 2.46. The molecule has 0 bridgehead atoms. The number of carbonyl (C=O) groups is 1. The summed E-state index contributed by atoms with van der Waals surface area (Å²) in [7, 11) is 0. The molecule has 0 aliphatic heterocycles. The lowest BCUT2D eigenvalue weighted by Gasteiger charge is -2.27. The Morgan fingerprint density at radius 3 is 2.74 bits per heavy atom. The minimum Gasteiger partial charge on any atom is -0.394 e. The van der Waals surface area contributed by atoms with Crippen LogP contribution in [-0.2, 0) is 4.79 Å². The Morgan fingerprint density at radius 1 is 1.42 bits per heavy atom. The van der Waals surface area contributed by atoms with Gasteiger partial charge in [-0.25, -0.2) is 4.98 Å². The number of pyridine rings is 1. The van der Waals surface area contributed by atoms with Gasteiger partial charge in [-0.3, -0.25) is 4.79 Å². The van der Waals surface area contributed by atoms with Crippen LogP contribution in [0.3, 0.4) is 0 Å². The molecule has 1 heterocycles. The number of halogens is 1. The van der Waals surface area contributed by atoms with Crippen molar-refractivity contribution in [1.29, 1.82) is 0 Å². The molecule has 0 unspecified atom stereocenters. The molecule has 0 radical (unpaired) electrons. The second-order valence-corrected chi connectivity index (χ2v) is 5.35. The fourth-order valence-electron chi connectivity index (χ4n) is 2.35. The van der Waals surface area contributed by atoms with Crippen molar-refractivity contribution in [3.8, 4) is 0 Å². The highest BCUT2D eigenvalue weighted by Crippen LogP contribution is 2.28. The van der Waals surface area contributed by atoms with Gasteiger partial charge in [-0.15, -0.1) is 0 Å². The van der Waals surface area contributed by atoms with Gasteiger partial charge >= 0.3 is 0 Å². The van der Waals surface area contributed by atoms with E-state index >= 15 is 0 Å². The molecule has 1 aromatic heterocycles. The quantitative estimate of drug-likeness (QED) is 0.767. The van der Waals surface area contributed by atoms with Crippen molar-refractivity contribution >= 4 is 23.3 Å². The SMILES string of the molecule is O=C(CNC1(CO)CCCC1)Nc1ccc(Cl)cn1. The zero-order valence-electron chi connectivity index (χ0n) is 10.7. The van der Waals surface area contributed by atoms with Crippen LogP contribution < -0.4 is 10.6 Å². The van der Waals surface area contributed by atoms with Crippen molar-refractivity contribution in [1.82, 2.24) is 10.3 Å². The lowest BCUT2D eigenvalue weighted by Crippen LogP contribution is -2.49. The first kappa shape index (κ1) is 14.2. The van der Waals surface area contributed by atoms with Gasteiger partial charge in [-0.2, -0.15) is 0 Å². The third kappa shape index (κ3) is 3.89. The number of nitrogens with zero attached hydrogens (tertiary/aromatic N) is 1. The third-order valence-electron chi connectivity index (χ3n) is 3.48. The van der Waals surface area contributed by atoms with Gasteiger partial charge in [0.1, 0.15) is 5.82 Å². The van der Waals surface area contributed by atoms with E-state index in [1.54, 1.807) is 12.1 Å². The van der Waals surface area contributed by atoms with Crippen LogP contribution in [0.5, 0.6) is 0 Å². The van der Waals surface area contributed by atoms with Gasteiger partial charge in [0.15, 0.2) is 0 Å². The first-order valence-electron chi connectivity index (χ1n) is 6.41. The van der Waals surface area contributed by atoms with Crippen LogP contribution in [0.2, 0.25) is 5.02 Å². The molecule has 1 aliphatic carbocycles. The van der Waals surface area contributed by atoms with E-state index in [-0.39, 0.29) is 24.6 Å². The average Bonchev–Trinajstić information content (AvgIpc) is 2.89. The standard InChI is InChI=1S/C13H18ClN3O2/c14-10-3-4-11(15-7-10)17-12(19)8-16-13(9-18)5-1-2-6-13/h3-4,7,16,18H,1-2,5-6,8-9H2,(H,15,17,19). The maximum absolute atomic E-state index is 11.8. The third-order valence-corrected chi connectivity index (χ3v) is 3.71. The Bertz CT molecular complexity index is 430. The molecule has 104 valence electrons. The van der Waals surface area contributed by atoms with Crippen LogP contribution in [0.1, 0.15) is 25.7 Å². The van der Waals surface area contributed by atoms with E-state index in [1.165, 1.54) is 6.20 Å². The van der Waals surface area contributed by atoms with Crippen LogP contribution >= 0.6 is 11.6 Å². The number of nitrogens with one attached hydrogen (secondary N) is 2. The summed E-state index contributed by atoms with van der Waals surface area (Å²) in [5.41, 5.74) is -0.287. The molecular formula is C13H18ClN3O2. The topological polar surface area (TPSA) is 74.2 Å². The maximum atomic E-state index is 11.8. The Kier molecular flexibility index (Phi) is 4.74. The molecule has 1 aromatic rings. The van der Waals surface area contributed by atoms with E-state index in [0.717, 1.165) is 25.7 Å². The molecule has 0 aromatic carbocycles. The molecule has 1 amide bonds. The van der Waals surface area contributed by atoms with E-state index in [9.17, 15) is 9.90 Å². The zero-order valence-corrected chi connectivity index (χ0v) is 11.4. The van der Waals surface area contributed by atoms with E-state index in [2.05, 4.69) is 15.6 Å². The van der Waals surface area contributed by atoms with Gasteiger partial charge in [0, 0.05) is 11.7 Å². The van der Waals surface area contributed by atoms with Crippen molar-refractivity contribution < 1.29 is 9.90 Å². The summed E-state index contributed by atoms with van der Waals surface area (Å²) >= 11 is 5.72. The molecule has 1 saturated carbocycles. The zero-order chi connectivity index (χ0) is 13.7. The Labute approximate surface area is 117 Å². The number of aliphatic hydroxyl groups is 1. The smallest absolute Gasteiger partial charge is 0.239 e. The van der Waals surface area contributed by atoms with Gasteiger partial charge in [-0.05, 0) is 25.0 Å². The van der Waals surface area contributed by atoms with Crippen LogP contribution in [0.4, 0.5) is 5.82 Å². The number of hydrogen-bond acceptors (Lipinski definition) is 4. The lowest BCUT2D eigenvalue weighted by molar-refractivity contribution is -0.115. The van der Waals surface area contributed by atoms with Gasteiger partial charge < -0.3 is 15.7 Å². The van der Waals surface area contributed by atoms with Crippen molar-refractivity contribution in [2.24, 2.45) is 0 Å². The minimum atomic E-state index is -0.287. The minimum absolute atomic E-state index is 0.0689. The summed E-state index contributed by atoms with van der Waals surface area (Å²) < 4.78 is 0. The first-order valence-corrected chi connectivity index (χ1v) is 6.79. The molecule has 0 spiro atoms. The Morgan fingerprint density at radius 2 is 2.16 bits per heavy atom. The van der Waals surface area contributed by atoms with Crippen molar-refractivity contribution in [3.63, 3.8) is 0 Å². The van der Waals surface area contributed by atoms with Gasteiger partial charge in [0.05, 0.1) is 18.2 Å². The molecule has 3 N–H and O–H groups in total. The van der Waals surface area contributed by atoms with Crippen molar-refractivity contribution in [2.75, 3.05) is 18.5 Å². The lowest BCUT2D eigenvalue weighted by atomic mass is 9.99.